The molecule has 25 heavy (non-hydrogen) atoms. The van der Waals surface area contributed by atoms with Crippen LogP contribution in [0.1, 0.15) is 25.8 Å². The Kier molecular flexibility index (Phi) is 6.80. The lowest BCUT2D eigenvalue weighted by Crippen LogP contribution is -2.40. The molecule has 7 heteroatoms. The number of rotatable bonds is 7. The Morgan fingerprint density at radius 3 is 2.76 bits per heavy atom. The smallest absolute Gasteiger partial charge is 0.221 e. The van der Waals surface area contributed by atoms with Gasteiger partial charge in [-0.05, 0) is 44.0 Å². The first-order valence-electron chi connectivity index (χ1n) is 8.49. The molecule has 0 radical (unpaired) electrons. The highest BCUT2D eigenvalue weighted by atomic mass is 19.1. The normalized spacial score (nSPS) is 11.8. The summed E-state index contributed by atoms with van der Waals surface area (Å²) >= 11 is 0. The number of carbonyl (C=O) groups excluding carboxylic acids is 1. The molecule has 1 aromatic carbocycles. The Morgan fingerprint density at radius 2 is 2.04 bits per heavy atom. The number of aromatic amines is 1. The number of benzene rings is 1. The van der Waals surface area contributed by atoms with Gasteiger partial charge in [-0.15, -0.1) is 0 Å². The molecule has 0 spiro atoms. The summed E-state index contributed by atoms with van der Waals surface area (Å²) in [5.74, 6) is 0.417. The predicted octanol–water partition coefficient (Wildman–Crippen LogP) is 1.93. The first-order chi connectivity index (χ1) is 12.0. The van der Waals surface area contributed by atoms with Crippen molar-refractivity contribution in [3.63, 3.8) is 0 Å². The number of nitrogens with one attached hydrogen (secondary N) is 4. The van der Waals surface area contributed by atoms with Crippen molar-refractivity contribution in [2.24, 2.45) is 4.99 Å². The second-order valence-corrected chi connectivity index (χ2v) is 6.15. The van der Waals surface area contributed by atoms with E-state index in [9.17, 15) is 9.18 Å². The number of nitrogens with zero attached hydrogens (tertiary/aromatic N) is 1. The van der Waals surface area contributed by atoms with Crippen molar-refractivity contribution in [1.29, 1.82) is 0 Å². The molecule has 0 aliphatic carbocycles. The third-order valence-electron chi connectivity index (χ3n) is 3.73. The van der Waals surface area contributed by atoms with Gasteiger partial charge in [-0.25, -0.2) is 4.39 Å². The number of carbonyl (C=O) groups is 1. The second kappa shape index (κ2) is 9.05. The average molecular weight is 347 g/mol. The summed E-state index contributed by atoms with van der Waals surface area (Å²) < 4.78 is 13.4. The van der Waals surface area contributed by atoms with Gasteiger partial charge in [-0.3, -0.25) is 9.79 Å². The molecule has 1 aromatic heterocycles. The third kappa shape index (κ3) is 5.77. The number of halogens is 1. The molecule has 4 N–H and O–H groups in total. The van der Waals surface area contributed by atoms with Gasteiger partial charge in [0.05, 0.1) is 0 Å². The molecule has 2 aromatic rings. The summed E-state index contributed by atoms with van der Waals surface area (Å²) in [5, 5.41) is 10.1. The third-order valence-corrected chi connectivity index (χ3v) is 3.73. The molecule has 0 bridgehead atoms. The molecule has 1 heterocycles. The van der Waals surface area contributed by atoms with Crippen LogP contribution in [0.2, 0.25) is 0 Å². The van der Waals surface area contributed by atoms with Crippen LogP contribution in [0.15, 0.2) is 29.4 Å². The van der Waals surface area contributed by atoms with Gasteiger partial charge in [0.2, 0.25) is 5.91 Å². The Bertz CT molecular complexity index is 738. The Balaban J connectivity index is 1.77. The zero-order valence-corrected chi connectivity index (χ0v) is 14.9. The van der Waals surface area contributed by atoms with Gasteiger partial charge in [0.15, 0.2) is 5.96 Å². The second-order valence-electron chi connectivity index (χ2n) is 6.15. The van der Waals surface area contributed by atoms with Crippen LogP contribution >= 0.6 is 0 Å². The molecule has 0 aliphatic heterocycles. The maximum absolute atomic E-state index is 13.4. The van der Waals surface area contributed by atoms with Gasteiger partial charge in [0.25, 0.3) is 0 Å². The van der Waals surface area contributed by atoms with E-state index in [1.807, 2.05) is 20.0 Å². The standard InChI is InChI=1S/C18H26FN5O/c1-12(2)24-17(25)7-9-22-18(20-3)21-8-6-13-11-23-16-5-4-14(19)10-15(13)16/h4-5,10-12,23H,6-9H2,1-3H3,(H,24,25)(H2,20,21,22). The molecule has 1 amide bonds. The topological polar surface area (TPSA) is 81.3 Å². The Hall–Kier alpha value is -2.57. The highest BCUT2D eigenvalue weighted by Crippen LogP contribution is 2.19. The van der Waals surface area contributed by atoms with E-state index in [2.05, 4.69) is 25.9 Å². The van der Waals surface area contributed by atoms with E-state index in [0.717, 1.165) is 22.9 Å². The van der Waals surface area contributed by atoms with Crippen molar-refractivity contribution in [3.8, 4) is 0 Å². The molecular weight excluding hydrogens is 321 g/mol. The zero-order chi connectivity index (χ0) is 18.2. The number of amides is 1. The molecule has 6 nitrogen and oxygen atoms in total. The van der Waals surface area contributed by atoms with E-state index in [-0.39, 0.29) is 17.8 Å². The number of aliphatic imine (C=N–C) groups is 1. The van der Waals surface area contributed by atoms with Gasteiger partial charge in [-0.2, -0.15) is 0 Å². The van der Waals surface area contributed by atoms with Crippen LogP contribution in [0.5, 0.6) is 0 Å². The zero-order valence-electron chi connectivity index (χ0n) is 14.9. The van der Waals surface area contributed by atoms with E-state index in [1.54, 1.807) is 19.2 Å². The SMILES string of the molecule is CN=C(NCCC(=O)NC(C)C)NCCc1c[nH]c2ccc(F)cc12. The molecule has 0 aliphatic rings. The van der Waals surface area contributed by atoms with Crippen molar-refractivity contribution >= 4 is 22.8 Å². The summed E-state index contributed by atoms with van der Waals surface area (Å²) in [7, 11) is 1.69. The van der Waals surface area contributed by atoms with E-state index >= 15 is 0 Å². The molecule has 0 saturated heterocycles. The number of aromatic nitrogens is 1. The Labute approximate surface area is 147 Å². The fourth-order valence-corrected chi connectivity index (χ4v) is 2.58. The van der Waals surface area contributed by atoms with Crippen molar-refractivity contribution in [3.05, 3.63) is 35.8 Å². The maximum atomic E-state index is 13.4. The van der Waals surface area contributed by atoms with Gasteiger partial charge in [-0.1, -0.05) is 0 Å². The van der Waals surface area contributed by atoms with Crippen LogP contribution in [-0.4, -0.2) is 43.0 Å². The minimum Gasteiger partial charge on any atom is -0.361 e. The summed E-state index contributed by atoms with van der Waals surface area (Å²) in [5.41, 5.74) is 1.98. The summed E-state index contributed by atoms with van der Waals surface area (Å²) in [4.78, 5) is 18.9. The van der Waals surface area contributed by atoms with E-state index < -0.39 is 0 Å². The van der Waals surface area contributed by atoms with Crippen LogP contribution in [0.4, 0.5) is 4.39 Å². The lowest BCUT2D eigenvalue weighted by atomic mass is 10.1. The lowest BCUT2D eigenvalue weighted by molar-refractivity contribution is -0.121. The largest absolute Gasteiger partial charge is 0.361 e. The van der Waals surface area contributed by atoms with Gasteiger partial charge < -0.3 is 20.9 Å². The first-order valence-corrected chi connectivity index (χ1v) is 8.49. The van der Waals surface area contributed by atoms with E-state index in [4.69, 9.17) is 0 Å². The van der Waals surface area contributed by atoms with Crippen molar-refractivity contribution in [1.82, 2.24) is 20.9 Å². The highest BCUT2D eigenvalue weighted by Gasteiger charge is 2.06. The molecule has 0 saturated carbocycles. The molecule has 0 fully saturated rings. The maximum Gasteiger partial charge on any atom is 0.221 e. The fraction of sp³-hybridized carbons (Fsp3) is 0.444. The number of guanidine groups is 1. The monoisotopic (exact) mass is 347 g/mol. The minimum atomic E-state index is -0.238. The molecule has 2 rings (SSSR count). The van der Waals surface area contributed by atoms with Gasteiger partial charge >= 0.3 is 0 Å². The van der Waals surface area contributed by atoms with Crippen LogP contribution in [-0.2, 0) is 11.2 Å². The lowest BCUT2D eigenvalue weighted by Gasteiger charge is -2.12. The van der Waals surface area contributed by atoms with E-state index in [1.165, 1.54) is 6.07 Å². The van der Waals surface area contributed by atoms with Crippen LogP contribution in [0.3, 0.4) is 0 Å². The number of fused-ring (bicyclic) bond motifs is 1. The molecular formula is C18H26FN5O. The molecule has 0 atom stereocenters. The van der Waals surface area contributed by atoms with Gasteiger partial charge in [0, 0.05) is 49.7 Å². The van der Waals surface area contributed by atoms with Crippen LogP contribution in [0.25, 0.3) is 10.9 Å². The van der Waals surface area contributed by atoms with Crippen molar-refractivity contribution in [2.45, 2.75) is 32.7 Å². The Morgan fingerprint density at radius 1 is 1.28 bits per heavy atom. The van der Waals surface area contributed by atoms with Crippen molar-refractivity contribution in [2.75, 3.05) is 20.1 Å². The van der Waals surface area contributed by atoms with E-state index in [0.29, 0.717) is 25.5 Å². The average Bonchev–Trinajstić information content (AvgIpc) is 2.95. The summed E-state index contributed by atoms with van der Waals surface area (Å²) in [6.07, 6.45) is 3.02. The summed E-state index contributed by atoms with van der Waals surface area (Å²) in [6.45, 7) is 5.03. The predicted molar refractivity (Wildman–Crippen MR) is 99.2 cm³/mol. The van der Waals surface area contributed by atoms with Crippen LogP contribution in [0, 0.1) is 5.82 Å². The first kappa shape index (κ1) is 18.8. The minimum absolute atomic E-state index is 0.0128. The number of hydrogen-bond donors (Lipinski definition) is 4. The highest BCUT2D eigenvalue weighted by molar-refractivity contribution is 5.84. The quantitative estimate of drug-likeness (QED) is 0.456. The molecule has 136 valence electrons. The number of hydrogen-bond acceptors (Lipinski definition) is 2. The van der Waals surface area contributed by atoms with Crippen LogP contribution < -0.4 is 16.0 Å². The number of H-pyrrole nitrogens is 1. The summed E-state index contributed by atoms with van der Waals surface area (Å²) in [6, 6.07) is 4.87. The fourth-order valence-electron chi connectivity index (χ4n) is 2.58. The van der Waals surface area contributed by atoms with Gasteiger partial charge in [0.1, 0.15) is 5.82 Å². The van der Waals surface area contributed by atoms with Crippen molar-refractivity contribution < 1.29 is 9.18 Å². The molecule has 0 unspecified atom stereocenters.